The van der Waals surface area contributed by atoms with Gasteiger partial charge in [-0.15, -0.1) is 0 Å². The Hall–Kier alpha value is -0.960. The van der Waals surface area contributed by atoms with Crippen LogP contribution in [0.25, 0.3) is 0 Å². The van der Waals surface area contributed by atoms with Crippen LogP contribution >= 0.6 is 12.6 Å². The van der Waals surface area contributed by atoms with Crippen molar-refractivity contribution in [3.05, 3.63) is 35.4 Å². The zero-order valence-electron chi connectivity index (χ0n) is 8.57. The third-order valence-corrected chi connectivity index (χ3v) is 3.14. The first-order valence-electron chi connectivity index (χ1n) is 5.26. The van der Waals surface area contributed by atoms with Gasteiger partial charge in [-0.3, -0.25) is 4.79 Å². The fourth-order valence-corrected chi connectivity index (χ4v) is 2.19. The molecule has 1 atom stereocenters. The predicted octanol–water partition coefficient (Wildman–Crippen LogP) is 1.59. The average Bonchev–Trinajstić information content (AvgIpc) is 2.29. The SMILES string of the molecule is O=C(CS)NC1CCc2ccccc2C1. The molecule has 1 unspecified atom stereocenters. The van der Waals surface area contributed by atoms with E-state index in [1.807, 2.05) is 0 Å². The van der Waals surface area contributed by atoms with Gasteiger partial charge in [0.15, 0.2) is 0 Å². The summed E-state index contributed by atoms with van der Waals surface area (Å²) in [6.45, 7) is 0. The van der Waals surface area contributed by atoms with Gasteiger partial charge in [-0.05, 0) is 30.4 Å². The van der Waals surface area contributed by atoms with E-state index < -0.39 is 0 Å². The monoisotopic (exact) mass is 221 g/mol. The predicted molar refractivity (Wildman–Crippen MR) is 64.3 cm³/mol. The van der Waals surface area contributed by atoms with Gasteiger partial charge in [0.1, 0.15) is 0 Å². The molecule has 80 valence electrons. The van der Waals surface area contributed by atoms with E-state index in [2.05, 4.69) is 42.2 Å². The number of thiol groups is 1. The molecule has 0 saturated heterocycles. The maximum Gasteiger partial charge on any atom is 0.229 e. The van der Waals surface area contributed by atoms with E-state index in [0.29, 0.717) is 6.04 Å². The molecule has 15 heavy (non-hydrogen) atoms. The molecule has 0 aromatic heterocycles. The molecule has 1 aliphatic rings. The van der Waals surface area contributed by atoms with E-state index in [-0.39, 0.29) is 11.7 Å². The molecule has 3 heteroatoms. The molecular weight excluding hydrogens is 206 g/mol. The van der Waals surface area contributed by atoms with Gasteiger partial charge in [0.05, 0.1) is 5.75 Å². The van der Waals surface area contributed by atoms with Crippen LogP contribution in [-0.2, 0) is 17.6 Å². The number of nitrogens with one attached hydrogen (secondary N) is 1. The third kappa shape index (κ3) is 2.53. The largest absolute Gasteiger partial charge is 0.352 e. The van der Waals surface area contributed by atoms with Gasteiger partial charge in [-0.1, -0.05) is 24.3 Å². The van der Waals surface area contributed by atoms with Gasteiger partial charge < -0.3 is 5.32 Å². The van der Waals surface area contributed by atoms with Gasteiger partial charge in [-0.25, -0.2) is 0 Å². The Labute approximate surface area is 95.5 Å². The summed E-state index contributed by atoms with van der Waals surface area (Å²) in [4.78, 5) is 11.2. The van der Waals surface area contributed by atoms with Crippen LogP contribution < -0.4 is 5.32 Å². The quantitative estimate of drug-likeness (QED) is 0.730. The number of carbonyl (C=O) groups excluding carboxylic acids is 1. The van der Waals surface area contributed by atoms with Crippen molar-refractivity contribution in [1.82, 2.24) is 5.32 Å². The molecule has 0 aliphatic heterocycles. The lowest BCUT2D eigenvalue weighted by Gasteiger charge is -2.25. The molecule has 2 rings (SSSR count). The average molecular weight is 221 g/mol. The number of fused-ring (bicyclic) bond motifs is 1. The lowest BCUT2D eigenvalue weighted by Crippen LogP contribution is -2.39. The van der Waals surface area contributed by atoms with Crippen LogP contribution in [0, 0.1) is 0 Å². The summed E-state index contributed by atoms with van der Waals surface area (Å²) in [5.74, 6) is 0.306. The van der Waals surface area contributed by atoms with Crippen molar-refractivity contribution in [1.29, 1.82) is 0 Å². The molecule has 1 N–H and O–H groups in total. The zero-order valence-corrected chi connectivity index (χ0v) is 9.47. The standard InChI is InChI=1S/C12H15NOS/c14-12(8-15)13-11-6-5-9-3-1-2-4-10(9)7-11/h1-4,11,15H,5-8H2,(H,13,14). The Morgan fingerprint density at radius 2 is 2.13 bits per heavy atom. The normalized spacial score (nSPS) is 19.4. The van der Waals surface area contributed by atoms with Crippen LogP contribution in [0.4, 0.5) is 0 Å². The lowest BCUT2D eigenvalue weighted by molar-refractivity contribution is -0.119. The molecule has 0 heterocycles. The van der Waals surface area contributed by atoms with E-state index in [0.717, 1.165) is 19.3 Å². The number of rotatable bonds is 2. The third-order valence-electron chi connectivity index (χ3n) is 2.86. The molecule has 1 amide bonds. The van der Waals surface area contributed by atoms with E-state index in [9.17, 15) is 4.79 Å². The molecule has 1 aromatic carbocycles. The summed E-state index contributed by atoms with van der Waals surface area (Å²) in [6.07, 6.45) is 3.06. The maximum absolute atomic E-state index is 11.2. The van der Waals surface area contributed by atoms with Crippen molar-refractivity contribution in [2.24, 2.45) is 0 Å². The second-order valence-electron chi connectivity index (χ2n) is 3.93. The first kappa shape index (κ1) is 10.6. The molecular formula is C12H15NOS. The van der Waals surface area contributed by atoms with Gasteiger partial charge in [0, 0.05) is 6.04 Å². The fourth-order valence-electron chi connectivity index (χ4n) is 2.09. The number of hydrogen-bond donors (Lipinski definition) is 2. The number of aryl methyl sites for hydroxylation is 1. The Kier molecular flexibility index (Phi) is 3.31. The van der Waals surface area contributed by atoms with Crippen molar-refractivity contribution < 1.29 is 4.79 Å². The summed E-state index contributed by atoms with van der Waals surface area (Å²) < 4.78 is 0. The highest BCUT2D eigenvalue weighted by Gasteiger charge is 2.18. The van der Waals surface area contributed by atoms with Crippen molar-refractivity contribution >= 4 is 18.5 Å². The second-order valence-corrected chi connectivity index (χ2v) is 4.25. The Morgan fingerprint density at radius 1 is 1.40 bits per heavy atom. The number of amides is 1. The molecule has 1 aliphatic carbocycles. The van der Waals surface area contributed by atoms with E-state index in [1.54, 1.807) is 0 Å². The Balaban J connectivity index is 2.02. The summed E-state index contributed by atoms with van der Waals surface area (Å²) >= 11 is 3.96. The highest BCUT2D eigenvalue weighted by atomic mass is 32.1. The summed E-state index contributed by atoms with van der Waals surface area (Å²) in [5.41, 5.74) is 2.79. The zero-order chi connectivity index (χ0) is 10.7. The van der Waals surface area contributed by atoms with Crippen molar-refractivity contribution in [3.63, 3.8) is 0 Å². The Morgan fingerprint density at radius 3 is 2.87 bits per heavy atom. The summed E-state index contributed by atoms with van der Waals surface area (Å²) in [5, 5.41) is 2.99. The van der Waals surface area contributed by atoms with Crippen molar-refractivity contribution in [2.45, 2.75) is 25.3 Å². The smallest absolute Gasteiger partial charge is 0.229 e. The molecule has 1 aromatic rings. The van der Waals surface area contributed by atoms with Gasteiger partial charge in [0.25, 0.3) is 0 Å². The topological polar surface area (TPSA) is 29.1 Å². The molecule has 0 fully saturated rings. The highest BCUT2D eigenvalue weighted by Crippen LogP contribution is 2.20. The molecule has 0 saturated carbocycles. The summed E-state index contributed by atoms with van der Waals surface area (Å²) in [6, 6.07) is 8.74. The number of hydrogen-bond acceptors (Lipinski definition) is 2. The highest BCUT2D eigenvalue weighted by molar-refractivity contribution is 7.81. The van der Waals surface area contributed by atoms with E-state index in [4.69, 9.17) is 0 Å². The van der Waals surface area contributed by atoms with Gasteiger partial charge in [0.2, 0.25) is 5.91 Å². The Bertz CT molecular complexity index is 364. The van der Waals surface area contributed by atoms with Crippen LogP contribution in [0.2, 0.25) is 0 Å². The summed E-state index contributed by atoms with van der Waals surface area (Å²) in [7, 11) is 0. The minimum Gasteiger partial charge on any atom is -0.352 e. The van der Waals surface area contributed by atoms with Crippen LogP contribution in [-0.4, -0.2) is 17.7 Å². The lowest BCUT2D eigenvalue weighted by atomic mass is 9.88. The molecule has 0 radical (unpaired) electrons. The fraction of sp³-hybridized carbons (Fsp3) is 0.417. The van der Waals surface area contributed by atoms with Crippen molar-refractivity contribution in [3.8, 4) is 0 Å². The van der Waals surface area contributed by atoms with Gasteiger partial charge in [-0.2, -0.15) is 12.6 Å². The molecule has 0 bridgehead atoms. The van der Waals surface area contributed by atoms with Crippen LogP contribution in [0.1, 0.15) is 17.5 Å². The first-order valence-corrected chi connectivity index (χ1v) is 5.90. The van der Waals surface area contributed by atoms with Crippen LogP contribution in [0.3, 0.4) is 0 Å². The second kappa shape index (κ2) is 4.71. The van der Waals surface area contributed by atoms with Crippen LogP contribution in [0.15, 0.2) is 24.3 Å². The van der Waals surface area contributed by atoms with Gasteiger partial charge >= 0.3 is 0 Å². The minimum atomic E-state index is 0.0303. The molecule has 0 spiro atoms. The maximum atomic E-state index is 11.2. The van der Waals surface area contributed by atoms with E-state index >= 15 is 0 Å². The molecule has 2 nitrogen and oxygen atoms in total. The minimum absolute atomic E-state index is 0.0303. The number of carbonyl (C=O) groups is 1. The van der Waals surface area contributed by atoms with Crippen LogP contribution in [0.5, 0.6) is 0 Å². The van der Waals surface area contributed by atoms with Crippen molar-refractivity contribution in [2.75, 3.05) is 5.75 Å². The first-order chi connectivity index (χ1) is 7.29. The van der Waals surface area contributed by atoms with E-state index in [1.165, 1.54) is 11.1 Å². The number of benzene rings is 1.